The average molecular weight is 348 g/mol. The zero-order chi connectivity index (χ0) is 16.4. The highest BCUT2D eigenvalue weighted by Gasteiger charge is 2.15. The summed E-state index contributed by atoms with van der Waals surface area (Å²) in [5, 5.41) is 13.2. The number of rotatable bonds is 3. The number of carbonyl (C=O) groups excluding carboxylic acids is 1. The Morgan fingerprint density at radius 1 is 1.04 bits per heavy atom. The van der Waals surface area contributed by atoms with Crippen molar-refractivity contribution in [3.63, 3.8) is 0 Å². The molecule has 0 aliphatic rings. The summed E-state index contributed by atoms with van der Waals surface area (Å²) < 4.78 is 5.54. The lowest BCUT2D eigenvalue weighted by Gasteiger charge is -2.05. The number of para-hydroxylation sites is 2. The number of anilines is 1. The van der Waals surface area contributed by atoms with Crippen molar-refractivity contribution >= 4 is 34.8 Å². The lowest BCUT2D eigenvalue weighted by Crippen LogP contribution is -2.10. The molecule has 0 atom stereocenters. The number of hydrogen-bond acceptors (Lipinski definition) is 3. The zero-order valence-corrected chi connectivity index (χ0v) is 13.2. The summed E-state index contributed by atoms with van der Waals surface area (Å²) in [6, 6.07) is 14.6. The van der Waals surface area contributed by atoms with Crippen LogP contribution in [0.2, 0.25) is 10.0 Å². The number of furan rings is 1. The molecule has 2 aromatic carbocycles. The average Bonchev–Trinajstić information content (AvgIpc) is 3.02. The molecule has 0 bridgehead atoms. The fourth-order valence-electron chi connectivity index (χ4n) is 2.05. The van der Waals surface area contributed by atoms with Crippen LogP contribution in [0.15, 0.2) is 59.0 Å². The van der Waals surface area contributed by atoms with Gasteiger partial charge in [0.1, 0.15) is 11.5 Å². The van der Waals surface area contributed by atoms with Gasteiger partial charge in [-0.1, -0.05) is 35.3 Å². The van der Waals surface area contributed by atoms with Gasteiger partial charge in [-0.3, -0.25) is 4.79 Å². The monoisotopic (exact) mass is 347 g/mol. The van der Waals surface area contributed by atoms with Gasteiger partial charge in [-0.2, -0.15) is 0 Å². The quantitative estimate of drug-likeness (QED) is 0.639. The Morgan fingerprint density at radius 3 is 2.61 bits per heavy atom. The maximum atomic E-state index is 12.2. The molecule has 3 aromatic rings. The first-order valence-corrected chi connectivity index (χ1v) is 7.45. The molecule has 0 spiro atoms. The summed E-state index contributed by atoms with van der Waals surface area (Å²) in [6.07, 6.45) is 0. The number of halogens is 2. The highest BCUT2D eigenvalue weighted by atomic mass is 35.5. The number of carbonyl (C=O) groups is 1. The standard InChI is InChI=1S/C17H11Cl2NO3/c18-10-5-6-12(19)11(9-10)15-7-8-16(23-15)17(22)20-13-3-1-2-4-14(13)21/h1-9,21H,(H,20,22). The number of phenolic OH excluding ortho intramolecular Hbond substituents is 1. The maximum Gasteiger partial charge on any atom is 0.291 e. The molecule has 1 heterocycles. The van der Waals surface area contributed by atoms with Gasteiger partial charge in [0.25, 0.3) is 5.91 Å². The third kappa shape index (κ3) is 3.33. The Morgan fingerprint density at radius 2 is 1.83 bits per heavy atom. The van der Waals surface area contributed by atoms with Crippen LogP contribution in [-0.4, -0.2) is 11.0 Å². The maximum absolute atomic E-state index is 12.2. The van der Waals surface area contributed by atoms with Gasteiger partial charge in [0, 0.05) is 10.6 Å². The highest BCUT2D eigenvalue weighted by Crippen LogP contribution is 2.32. The van der Waals surface area contributed by atoms with E-state index in [4.69, 9.17) is 27.6 Å². The van der Waals surface area contributed by atoms with Crippen molar-refractivity contribution in [3.05, 3.63) is 70.4 Å². The Hall–Kier alpha value is -2.43. The third-order valence-corrected chi connectivity index (χ3v) is 3.74. The molecule has 0 radical (unpaired) electrons. The number of benzene rings is 2. The van der Waals surface area contributed by atoms with Crippen LogP contribution in [-0.2, 0) is 0 Å². The van der Waals surface area contributed by atoms with Crippen molar-refractivity contribution in [2.75, 3.05) is 5.32 Å². The first kappa shape index (κ1) is 15.5. The molecule has 3 rings (SSSR count). The van der Waals surface area contributed by atoms with E-state index in [0.717, 1.165) is 0 Å². The second kappa shape index (κ2) is 6.36. The lowest BCUT2D eigenvalue weighted by atomic mass is 10.2. The molecule has 23 heavy (non-hydrogen) atoms. The lowest BCUT2D eigenvalue weighted by molar-refractivity contribution is 0.0997. The second-order valence-electron chi connectivity index (χ2n) is 4.76. The molecule has 1 aromatic heterocycles. The van der Waals surface area contributed by atoms with E-state index in [9.17, 15) is 9.90 Å². The molecular weight excluding hydrogens is 337 g/mol. The first-order valence-electron chi connectivity index (χ1n) is 6.69. The van der Waals surface area contributed by atoms with Crippen molar-refractivity contribution in [3.8, 4) is 17.1 Å². The van der Waals surface area contributed by atoms with Crippen LogP contribution in [0.5, 0.6) is 5.75 Å². The highest BCUT2D eigenvalue weighted by molar-refractivity contribution is 6.35. The summed E-state index contributed by atoms with van der Waals surface area (Å²) in [6.45, 7) is 0. The van der Waals surface area contributed by atoms with Crippen LogP contribution in [0.3, 0.4) is 0 Å². The summed E-state index contributed by atoms with van der Waals surface area (Å²) >= 11 is 12.1. The van der Waals surface area contributed by atoms with Crippen molar-refractivity contribution in [2.45, 2.75) is 0 Å². The molecule has 0 saturated heterocycles. The summed E-state index contributed by atoms with van der Waals surface area (Å²) in [7, 11) is 0. The van der Waals surface area contributed by atoms with E-state index in [2.05, 4.69) is 5.32 Å². The minimum Gasteiger partial charge on any atom is -0.506 e. The van der Waals surface area contributed by atoms with E-state index in [-0.39, 0.29) is 11.5 Å². The van der Waals surface area contributed by atoms with E-state index in [1.807, 2.05) is 0 Å². The van der Waals surface area contributed by atoms with Crippen LogP contribution < -0.4 is 5.32 Å². The van der Waals surface area contributed by atoms with Gasteiger partial charge in [-0.05, 0) is 42.5 Å². The smallest absolute Gasteiger partial charge is 0.291 e. The van der Waals surface area contributed by atoms with E-state index < -0.39 is 5.91 Å². The third-order valence-electron chi connectivity index (χ3n) is 3.18. The van der Waals surface area contributed by atoms with Gasteiger partial charge in [-0.15, -0.1) is 0 Å². The fraction of sp³-hybridized carbons (Fsp3) is 0. The predicted molar refractivity (Wildman–Crippen MR) is 90.2 cm³/mol. The van der Waals surface area contributed by atoms with Crippen molar-refractivity contribution in [2.24, 2.45) is 0 Å². The molecule has 4 nitrogen and oxygen atoms in total. The predicted octanol–water partition coefficient (Wildman–Crippen LogP) is 5.21. The molecule has 0 unspecified atom stereocenters. The SMILES string of the molecule is O=C(Nc1ccccc1O)c1ccc(-c2cc(Cl)ccc2Cl)o1. The zero-order valence-electron chi connectivity index (χ0n) is 11.7. The van der Waals surface area contributed by atoms with E-state index in [1.54, 1.807) is 42.5 Å². The molecular formula is C17H11Cl2NO3. The van der Waals surface area contributed by atoms with Gasteiger partial charge >= 0.3 is 0 Å². The molecule has 1 amide bonds. The summed E-state index contributed by atoms with van der Waals surface area (Å²) in [4.78, 5) is 12.2. The molecule has 116 valence electrons. The van der Waals surface area contributed by atoms with Crippen molar-refractivity contribution in [1.29, 1.82) is 0 Å². The topological polar surface area (TPSA) is 62.5 Å². The number of nitrogens with one attached hydrogen (secondary N) is 1. The van der Waals surface area contributed by atoms with Crippen LogP contribution in [0.4, 0.5) is 5.69 Å². The van der Waals surface area contributed by atoms with E-state index in [1.165, 1.54) is 12.1 Å². The van der Waals surface area contributed by atoms with Gasteiger partial charge in [0.2, 0.25) is 0 Å². The Balaban J connectivity index is 1.86. The normalized spacial score (nSPS) is 10.5. The van der Waals surface area contributed by atoms with E-state index >= 15 is 0 Å². The summed E-state index contributed by atoms with van der Waals surface area (Å²) in [5.41, 5.74) is 0.900. The molecule has 0 aliphatic heterocycles. The molecule has 0 saturated carbocycles. The van der Waals surface area contributed by atoms with Crippen molar-refractivity contribution in [1.82, 2.24) is 0 Å². The Kier molecular flexibility index (Phi) is 4.28. The number of amides is 1. The van der Waals surface area contributed by atoms with Gasteiger partial charge in [-0.25, -0.2) is 0 Å². The fourth-order valence-corrected chi connectivity index (χ4v) is 2.44. The van der Waals surface area contributed by atoms with Crippen molar-refractivity contribution < 1.29 is 14.3 Å². The summed E-state index contributed by atoms with van der Waals surface area (Å²) in [5.74, 6) is 0.0284. The Bertz CT molecular complexity index is 874. The number of hydrogen-bond donors (Lipinski definition) is 2. The van der Waals surface area contributed by atoms with Crippen LogP contribution in [0.1, 0.15) is 10.6 Å². The number of phenols is 1. The molecule has 0 aliphatic carbocycles. The molecule has 2 N–H and O–H groups in total. The molecule has 0 fully saturated rings. The minimum atomic E-state index is -0.476. The minimum absolute atomic E-state index is 0.0227. The Labute approximate surface area is 142 Å². The van der Waals surface area contributed by atoms with Crippen LogP contribution >= 0.6 is 23.2 Å². The number of aromatic hydroxyl groups is 1. The van der Waals surface area contributed by atoms with Crippen LogP contribution in [0, 0.1) is 0 Å². The van der Waals surface area contributed by atoms with Gasteiger partial charge in [0.15, 0.2) is 5.76 Å². The van der Waals surface area contributed by atoms with Crippen LogP contribution in [0.25, 0.3) is 11.3 Å². The second-order valence-corrected chi connectivity index (χ2v) is 5.60. The first-order chi connectivity index (χ1) is 11.0. The largest absolute Gasteiger partial charge is 0.506 e. The molecule has 6 heteroatoms. The van der Waals surface area contributed by atoms with Gasteiger partial charge < -0.3 is 14.8 Å². The van der Waals surface area contributed by atoms with Gasteiger partial charge in [0.05, 0.1) is 10.7 Å². The van der Waals surface area contributed by atoms with E-state index in [0.29, 0.717) is 27.1 Å².